The Morgan fingerprint density at radius 1 is 1.56 bits per heavy atom. The van der Waals surface area contributed by atoms with E-state index in [1.54, 1.807) is 7.11 Å². The molecule has 102 valence electrons. The molecule has 1 unspecified atom stereocenters. The fourth-order valence-corrected chi connectivity index (χ4v) is 2.07. The predicted molar refractivity (Wildman–Crippen MR) is 68.9 cm³/mol. The van der Waals surface area contributed by atoms with Crippen LogP contribution in [0.2, 0.25) is 0 Å². The molecule has 0 bridgehead atoms. The van der Waals surface area contributed by atoms with Gasteiger partial charge in [-0.2, -0.15) is 5.26 Å². The van der Waals surface area contributed by atoms with Gasteiger partial charge in [0.05, 0.1) is 12.6 Å². The Kier molecular flexibility index (Phi) is 5.57. The van der Waals surface area contributed by atoms with E-state index in [1.165, 1.54) is 0 Å². The number of piperidine rings is 1. The molecular weight excluding hydrogens is 230 g/mol. The van der Waals surface area contributed by atoms with E-state index >= 15 is 0 Å². The molecule has 0 radical (unpaired) electrons. The van der Waals surface area contributed by atoms with Crippen LogP contribution in [0.1, 0.15) is 33.1 Å². The van der Waals surface area contributed by atoms with Crippen molar-refractivity contribution in [3.05, 3.63) is 0 Å². The third-order valence-electron chi connectivity index (χ3n) is 3.82. The average Bonchev–Trinajstić information content (AvgIpc) is 2.40. The van der Waals surface area contributed by atoms with Crippen LogP contribution in [0.15, 0.2) is 0 Å². The molecule has 1 N–H and O–H groups in total. The molecule has 0 aromatic heterocycles. The first kappa shape index (κ1) is 14.9. The van der Waals surface area contributed by atoms with Crippen molar-refractivity contribution in [1.82, 2.24) is 10.2 Å². The van der Waals surface area contributed by atoms with E-state index in [4.69, 9.17) is 10.00 Å². The van der Waals surface area contributed by atoms with E-state index in [0.717, 1.165) is 25.9 Å². The molecule has 1 aliphatic rings. The van der Waals surface area contributed by atoms with Crippen LogP contribution in [0, 0.1) is 11.3 Å². The quantitative estimate of drug-likeness (QED) is 0.740. The Balaban J connectivity index is 2.41. The molecule has 0 aromatic carbocycles. The first-order valence-electron chi connectivity index (χ1n) is 6.51. The number of hydrogen-bond acceptors (Lipinski definition) is 4. The van der Waals surface area contributed by atoms with Crippen LogP contribution in [0.3, 0.4) is 0 Å². The number of likely N-dealkylation sites (tertiary alicyclic amines) is 1. The summed E-state index contributed by atoms with van der Waals surface area (Å²) in [4.78, 5) is 14.2. The van der Waals surface area contributed by atoms with Crippen molar-refractivity contribution in [3.8, 4) is 6.07 Å². The number of nitrogens with zero attached hydrogens (tertiary/aromatic N) is 2. The van der Waals surface area contributed by atoms with Gasteiger partial charge in [-0.15, -0.1) is 0 Å². The molecule has 1 fully saturated rings. The van der Waals surface area contributed by atoms with Crippen LogP contribution < -0.4 is 5.32 Å². The second kappa shape index (κ2) is 6.72. The second-order valence-electron chi connectivity index (χ2n) is 4.97. The van der Waals surface area contributed by atoms with Gasteiger partial charge in [0.25, 0.3) is 5.91 Å². The summed E-state index contributed by atoms with van der Waals surface area (Å²) in [7, 11) is 1.57. The number of carbonyl (C=O) groups is 1. The number of hydrogen-bond donors (Lipinski definition) is 1. The molecule has 1 rings (SSSR count). The minimum absolute atomic E-state index is 0.0359. The number of amides is 1. The van der Waals surface area contributed by atoms with Gasteiger partial charge in [0.15, 0.2) is 0 Å². The molecule has 0 aromatic rings. The van der Waals surface area contributed by atoms with E-state index in [1.807, 2.05) is 13.8 Å². The summed E-state index contributed by atoms with van der Waals surface area (Å²) in [5, 5.41) is 11.7. The van der Waals surface area contributed by atoms with Crippen molar-refractivity contribution in [1.29, 1.82) is 5.26 Å². The second-order valence-corrected chi connectivity index (χ2v) is 4.97. The van der Waals surface area contributed by atoms with Crippen LogP contribution in [-0.4, -0.2) is 49.2 Å². The van der Waals surface area contributed by atoms with E-state index in [9.17, 15) is 4.79 Å². The third-order valence-corrected chi connectivity index (χ3v) is 3.82. The lowest BCUT2D eigenvalue weighted by Gasteiger charge is -2.33. The van der Waals surface area contributed by atoms with Gasteiger partial charge in [-0.25, -0.2) is 0 Å². The predicted octanol–water partition coefficient (Wildman–Crippen LogP) is 0.906. The van der Waals surface area contributed by atoms with Crippen LogP contribution >= 0.6 is 0 Å². The van der Waals surface area contributed by atoms with E-state index in [2.05, 4.69) is 16.3 Å². The van der Waals surface area contributed by atoms with Gasteiger partial charge < -0.3 is 10.1 Å². The number of ether oxygens (including phenoxy) is 1. The maximum absolute atomic E-state index is 12.1. The van der Waals surface area contributed by atoms with Gasteiger partial charge in [0, 0.05) is 26.2 Å². The Morgan fingerprint density at radius 2 is 2.17 bits per heavy atom. The largest absolute Gasteiger partial charge is 0.369 e. The van der Waals surface area contributed by atoms with Gasteiger partial charge >= 0.3 is 0 Å². The van der Waals surface area contributed by atoms with Gasteiger partial charge in [-0.05, 0) is 26.2 Å². The normalized spacial score (nSPS) is 21.0. The summed E-state index contributed by atoms with van der Waals surface area (Å²) < 4.78 is 5.28. The van der Waals surface area contributed by atoms with Crippen LogP contribution in [0.5, 0.6) is 0 Å². The van der Waals surface area contributed by atoms with E-state index < -0.39 is 5.60 Å². The average molecular weight is 253 g/mol. The van der Waals surface area contributed by atoms with Crippen molar-refractivity contribution < 1.29 is 9.53 Å². The van der Waals surface area contributed by atoms with Gasteiger partial charge in [-0.1, -0.05) is 6.92 Å². The smallest absolute Gasteiger partial charge is 0.252 e. The Hall–Kier alpha value is -1.12. The highest BCUT2D eigenvalue weighted by Crippen LogP contribution is 2.16. The zero-order valence-corrected chi connectivity index (χ0v) is 11.5. The zero-order valence-electron chi connectivity index (χ0n) is 11.5. The zero-order chi connectivity index (χ0) is 13.6. The summed E-state index contributed by atoms with van der Waals surface area (Å²) in [6.45, 7) is 5.97. The maximum atomic E-state index is 12.1. The highest BCUT2D eigenvalue weighted by Gasteiger charge is 2.33. The number of nitrogens with one attached hydrogen (secondary N) is 1. The molecule has 0 spiro atoms. The molecule has 1 heterocycles. The van der Waals surface area contributed by atoms with Crippen LogP contribution in [0.4, 0.5) is 0 Å². The fraction of sp³-hybridized carbons (Fsp3) is 0.846. The number of methoxy groups -OCH3 is 1. The Morgan fingerprint density at radius 3 is 2.61 bits per heavy atom. The molecule has 18 heavy (non-hydrogen) atoms. The summed E-state index contributed by atoms with van der Waals surface area (Å²) in [6, 6.07) is 2.36. The van der Waals surface area contributed by atoms with Crippen molar-refractivity contribution in [3.63, 3.8) is 0 Å². The number of nitriles is 1. The maximum Gasteiger partial charge on any atom is 0.252 e. The van der Waals surface area contributed by atoms with E-state index in [-0.39, 0.29) is 11.9 Å². The summed E-state index contributed by atoms with van der Waals surface area (Å²) in [5.74, 6) is -0.0359. The molecular formula is C13H23N3O2. The fourth-order valence-electron chi connectivity index (χ4n) is 2.07. The topological polar surface area (TPSA) is 65.4 Å². The summed E-state index contributed by atoms with van der Waals surface area (Å²) in [5.41, 5.74) is -0.732. The summed E-state index contributed by atoms with van der Waals surface area (Å²) >= 11 is 0. The first-order chi connectivity index (χ1) is 8.55. The molecule has 1 aliphatic heterocycles. The van der Waals surface area contributed by atoms with Crippen LogP contribution in [-0.2, 0) is 9.53 Å². The van der Waals surface area contributed by atoms with Crippen molar-refractivity contribution in [2.24, 2.45) is 0 Å². The summed E-state index contributed by atoms with van der Waals surface area (Å²) in [6.07, 6.45) is 2.45. The van der Waals surface area contributed by atoms with Gasteiger partial charge in [0.2, 0.25) is 0 Å². The van der Waals surface area contributed by atoms with Crippen molar-refractivity contribution in [2.45, 2.75) is 44.8 Å². The first-order valence-corrected chi connectivity index (χ1v) is 6.51. The minimum atomic E-state index is -0.732. The molecule has 0 aliphatic carbocycles. The third kappa shape index (κ3) is 3.69. The monoisotopic (exact) mass is 253 g/mol. The highest BCUT2D eigenvalue weighted by molar-refractivity contribution is 5.84. The molecule has 1 saturated heterocycles. The number of rotatable bonds is 5. The van der Waals surface area contributed by atoms with Gasteiger partial charge in [-0.3, -0.25) is 9.69 Å². The lowest BCUT2D eigenvalue weighted by molar-refractivity contribution is -0.142. The van der Waals surface area contributed by atoms with Gasteiger partial charge in [0.1, 0.15) is 5.60 Å². The standard InChI is InChI=1S/C13H23N3O2/c1-4-13(2,18-3)12(17)15-11-5-8-16(9-6-11)10-7-14/h11H,4-6,8-10H2,1-3H3,(H,15,17). The van der Waals surface area contributed by atoms with E-state index in [0.29, 0.717) is 13.0 Å². The molecule has 1 amide bonds. The van der Waals surface area contributed by atoms with Crippen molar-refractivity contribution in [2.75, 3.05) is 26.7 Å². The Bertz CT molecular complexity index is 313. The molecule has 5 nitrogen and oxygen atoms in total. The lowest BCUT2D eigenvalue weighted by Crippen LogP contribution is -2.52. The SMILES string of the molecule is CCC(C)(OC)C(=O)NC1CCN(CC#N)CC1. The Labute approximate surface area is 109 Å². The lowest BCUT2D eigenvalue weighted by atomic mass is 9.99. The minimum Gasteiger partial charge on any atom is -0.369 e. The van der Waals surface area contributed by atoms with Crippen LogP contribution in [0.25, 0.3) is 0 Å². The number of carbonyl (C=O) groups excluding carboxylic acids is 1. The molecule has 0 saturated carbocycles. The highest BCUT2D eigenvalue weighted by atomic mass is 16.5. The molecule has 1 atom stereocenters. The van der Waals surface area contributed by atoms with Crippen molar-refractivity contribution >= 4 is 5.91 Å². The molecule has 5 heteroatoms.